The van der Waals surface area contributed by atoms with Crippen molar-refractivity contribution in [2.75, 3.05) is 19.6 Å². The van der Waals surface area contributed by atoms with Gasteiger partial charge in [-0.2, -0.15) is 0 Å². The van der Waals surface area contributed by atoms with Crippen molar-refractivity contribution < 1.29 is 4.42 Å². The second-order valence-electron chi connectivity index (χ2n) is 6.01. The molecule has 0 saturated heterocycles. The normalized spacial score (nSPS) is 23.4. The molecule has 0 bridgehead atoms. The molecule has 2 atom stereocenters. The highest BCUT2D eigenvalue weighted by molar-refractivity contribution is 4.98. The van der Waals surface area contributed by atoms with Crippen LogP contribution in [-0.4, -0.2) is 30.6 Å². The fraction of sp³-hybridized carbons (Fsp3) is 0.765. The van der Waals surface area contributed by atoms with Crippen molar-refractivity contribution in [1.82, 2.24) is 10.2 Å². The lowest BCUT2D eigenvalue weighted by Gasteiger charge is -2.35. The van der Waals surface area contributed by atoms with Gasteiger partial charge in [-0.05, 0) is 50.4 Å². The summed E-state index contributed by atoms with van der Waals surface area (Å²) in [7, 11) is 0. The molecule has 1 fully saturated rings. The van der Waals surface area contributed by atoms with Crippen LogP contribution in [-0.2, 0) is 6.54 Å². The van der Waals surface area contributed by atoms with Crippen molar-refractivity contribution in [3.63, 3.8) is 0 Å². The molecule has 114 valence electrons. The first kappa shape index (κ1) is 15.6. The Morgan fingerprint density at radius 1 is 1.30 bits per heavy atom. The molecule has 20 heavy (non-hydrogen) atoms. The Morgan fingerprint density at radius 2 is 2.15 bits per heavy atom. The van der Waals surface area contributed by atoms with E-state index in [9.17, 15) is 0 Å². The van der Waals surface area contributed by atoms with E-state index in [1.165, 1.54) is 38.6 Å². The molecule has 3 heteroatoms. The van der Waals surface area contributed by atoms with Gasteiger partial charge >= 0.3 is 0 Å². The molecule has 2 rings (SSSR count). The molecule has 2 unspecified atom stereocenters. The number of nitrogens with zero attached hydrogens (tertiary/aromatic N) is 1. The third kappa shape index (κ3) is 4.64. The zero-order valence-corrected chi connectivity index (χ0v) is 13.1. The van der Waals surface area contributed by atoms with Gasteiger partial charge in [-0.3, -0.25) is 4.90 Å². The van der Waals surface area contributed by atoms with Crippen molar-refractivity contribution in [1.29, 1.82) is 0 Å². The molecule has 1 saturated carbocycles. The molecule has 1 N–H and O–H groups in total. The van der Waals surface area contributed by atoms with Crippen molar-refractivity contribution in [3.05, 3.63) is 24.2 Å². The summed E-state index contributed by atoms with van der Waals surface area (Å²) in [5.41, 5.74) is 0. The van der Waals surface area contributed by atoms with E-state index in [1.54, 1.807) is 6.26 Å². The molecule has 0 aromatic carbocycles. The van der Waals surface area contributed by atoms with Crippen molar-refractivity contribution >= 4 is 0 Å². The van der Waals surface area contributed by atoms with E-state index in [2.05, 4.69) is 30.1 Å². The molecular formula is C17H30N2O. The highest BCUT2D eigenvalue weighted by atomic mass is 16.3. The maximum absolute atomic E-state index is 5.49. The van der Waals surface area contributed by atoms with Gasteiger partial charge in [-0.1, -0.05) is 26.7 Å². The monoisotopic (exact) mass is 278 g/mol. The predicted octanol–water partition coefficient (Wildman–Crippen LogP) is 3.66. The molecule has 1 aliphatic rings. The van der Waals surface area contributed by atoms with Gasteiger partial charge in [-0.15, -0.1) is 0 Å². The molecule has 1 heterocycles. The average molecular weight is 278 g/mol. The Balaban J connectivity index is 1.86. The molecule has 0 spiro atoms. The van der Waals surface area contributed by atoms with Crippen LogP contribution in [0, 0.1) is 5.92 Å². The molecular weight excluding hydrogens is 248 g/mol. The SMILES string of the molecule is CCCNC1CCCCC1CN(CC)Cc1ccco1. The zero-order chi connectivity index (χ0) is 14.2. The number of rotatable bonds is 8. The van der Waals surface area contributed by atoms with Gasteiger partial charge in [0, 0.05) is 12.6 Å². The number of hydrogen-bond acceptors (Lipinski definition) is 3. The summed E-state index contributed by atoms with van der Waals surface area (Å²) in [4.78, 5) is 2.52. The molecule has 3 nitrogen and oxygen atoms in total. The van der Waals surface area contributed by atoms with E-state index in [0.717, 1.165) is 31.3 Å². The zero-order valence-electron chi connectivity index (χ0n) is 13.1. The number of furan rings is 1. The summed E-state index contributed by atoms with van der Waals surface area (Å²) in [5.74, 6) is 1.88. The quantitative estimate of drug-likeness (QED) is 0.786. The Labute approximate surface area is 123 Å². The first-order valence-corrected chi connectivity index (χ1v) is 8.31. The lowest BCUT2D eigenvalue weighted by Crippen LogP contribution is -2.44. The van der Waals surface area contributed by atoms with Crippen LogP contribution in [0.4, 0.5) is 0 Å². The van der Waals surface area contributed by atoms with Gasteiger partial charge in [0.25, 0.3) is 0 Å². The van der Waals surface area contributed by atoms with E-state index < -0.39 is 0 Å². The van der Waals surface area contributed by atoms with Gasteiger partial charge in [0.15, 0.2) is 0 Å². The first-order valence-electron chi connectivity index (χ1n) is 8.31. The van der Waals surface area contributed by atoms with Gasteiger partial charge in [0.2, 0.25) is 0 Å². The van der Waals surface area contributed by atoms with Crippen LogP contribution in [0.3, 0.4) is 0 Å². The maximum Gasteiger partial charge on any atom is 0.117 e. The highest BCUT2D eigenvalue weighted by Crippen LogP contribution is 2.26. The Morgan fingerprint density at radius 3 is 2.85 bits per heavy atom. The van der Waals surface area contributed by atoms with E-state index >= 15 is 0 Å². The van der Waals surface area contributed by atoms with Crippen molar-refractivity contribution in [2.45, 2.75) is 58.5 Å². The van der Waals surface area contributed by atoms with Crippen LogP contribution in [0.5, 0.6) is 0 Å². The smallest absolute Gasteiger partial charge is 0.117 e. The molecule has 1 aromatic heterocycles. The molecule has 0 aliphatic heterocycles. The van der Waals surface area contributed by atoms with E-state index in [4.69, 9.17) is 4.42 Å². The van der Waals surface area contributed by atoms with Crippen molar-refractivity contribution in [3.8, 4) is 0 Å². The van der Waals surface area contributed by atoms with Crippen LogP contribution in [0.15, 0.2) is 22.8 Å². The highest BCUT2D eigenvalue weighted by Gasteiger charge is 2.26. The summed E-state index contributed by atoms with van der Waals surface area (Å²) in [6.07, 6.45) is 8.51. The fourth-order valence-corrected chi connectivity index (χ4v) is 3.28. The molecule has 0 amide bonds. The summed E-state index contributed by atoms with van der Waals surface area (Å²) >= 11 is 0. The lowest BCUT2D eigenvalue weighted by molar-refractivity contribution is 0.160. The maximum atomic E-state index is 5.49. The number of nitrogens with one attached hydrogen (secondary N) is 1. The minimum atomic E-state index is 0.717. The van der Waals surface area contributed by atoms with Crippen molar-refractivity contribution in [2.24, 2.45) is 5.92 Å². The van der Waals surface area contributed by atoms with Gasteiger partial charge in [0.05, 0.1) is 12.8 Å². The van der Waals surface area contributed by atoms with Crippen LogP contribution in [0.1, 0.15) is 51.7 Å². The summed E-state index contributed by atoms with van der Waals surface area (Å²) in [5, 5.41) is 3.76. The van der Waals surface area contributed by atoms with Crippen LogP contribution >= 0.6 is 0 Å². The molecule has 0 radical (unpaired) electrons. The third-order valence-electron chi connectivity index (χ3n) is 4.47. The fourth-order valence-electron chi connectivity index (χ4n) is 3.28. The second kappa shape index (κ2) is 8.48. The summed E-state index contributed by atoms with van der Waals surface area (Å²) in [6.45, 7) is 8.89. The standard InChI is InChI=1S/C17H30N2O/c1-3-11-18-17-10-6-5-8-15(17)13-19(4-2)14-16-9-7-12-20-16/h7,9,12,15,17-18H,3-6,8,10-11,13-14H2,1-2H3. The van der Waals surface area contributed by atoms with E-state index in [-0.39, 0.29) is 0 Å². The second-order valence-corrected chi connectivity index (χ2v) is 6.01. The Kier molecular flexibility index (Phi) is 6.61. The Bertz CT molecular complexity index is 350. The lowest BCUT2D eigenvalue weighted by atomic mass is 9.84. The van der Waals surface area contributed by atoms with Gasteiger partial charge in [0.1, 0.15) is 5.76 Å². The van der Waals surface area contributed by atoms with Gasteiger partial charge < -0.3 is 9.73 Å². The minimum absolute atomic E-state index is 0.717. The molecule has 1 aromatic rings. The third-order valence-corrected chi connectivity index (χ3v) is 4.47. The largest absolute Gasteiger partial charge is 0.468 e. The topological polar surface area (TPSA) is 28.4 Å². The van der Waals surface area contributed by atoms with Crippen LogP contribution in [0.25, 0.3) is 0 Å². The van der Waals surface area contributed by atoms with Crippen LogP contribution < -0.4 is 5.32 Å². The van der Waals surface area contributed by atoms with Crippen LogP contribution in [0.2, 0.25) is 0 Å². The first-order chi connectivity index (χ1) is 9.83. The summed E-state index contributed by atoms with van der Waals surface area (Å²) < 4.78 is 5.49. The van der Waals surface area contributed by atoms with E-state index in [1.807, 2.05) is 6.07 Å². The average Bonchev–Trinajstić information content (AvgIpc) is 2.98. The summed E-state index contributed by atoms with van der Waals surface area (Å²) in [6, 6.07) is 4.78. The molecule has 1 aliphatic carbocycles. The van der Waals surface area contributed by atoms with E-state index in [0.29, 0.717) is 6.04 Å². The minimum Gasteiger partial charge on any atom is -0.468 e. The number of hydrogen-bond donors (Lipinski definition) is 1. The Hall–Kier alpha value is -0.800. The van der Waals surface area contributed by atoms with Gasteiger partial charge in [-0.25, -0.2) is 0 Å². The predicted molar refractivity (Wildman–Crippen MR) is 83.7 cm³/mol.